The third-order valence-electron chi connectivity index (χ3n) is 5.83. The molecule has 2 aliphatic carbocycles. The van der Waals surface area contributed by atoms with Gasteiger partial charge in [0.05, 0.1) is 5.69 Å². The zero-order valence-electron chi connectivity index (χ0n) is 14.9. The van der Waals surface area contributed by atoms with Crippen molar-refractivity contribution < 1.29 is 14.1 Å². The van der Waals surface area contributed by atoms with Crippen molar-refractivity contribution in [2.45, 2.75) is 44.1 Å². The number of rotatable bonds is 6. The highest BCUT2D eigenvalue weighted by Gasteiger charge is 2.46. The molecule has 3 fully saturated rings. The maximum absolute atomic E-state index is 13.1. The third-order valence-corrected chi connectivity index (χ3v) is 5.83. The molecule has 5 rings (SSSR count). The van der Waals surface area contributed by atoms with Gasteiger partial charge in [-0.05, 0) is 37.5 Å². The van der Waals surface area contributed by atoms with Crippen LogP contribution in [0.4, 0.5) is 0 Å². The highest BCUT2D eigenvalue weighted by Crippen LogP contribution is 2.47. The van der Waals surface area contributed by atoms with E-state index in [1.165, 1.54) is 19.1 Å². The van der Waals surface area contributed by atoms with Gasteiger partial charge in [-0.15, -0.1) is 0 Å². The van der Waals surface area contributed by atoms with E-state index in [0.717, 1.165) is 36.7 Å². The maximum atomic E-state index is 13.1. The molecule has 2 atom stereocenters. The molecule has 1 aliphatic heterocycles. The summed E-state index contributed by atoms with van der Waals surface area (Å²) in [4.78, 5) is 19.6. The molecule has 2 aromatic rings. The fourth-order valence-electron chi connectivity index (χ4n) is 4.17. The smallest absolute Gasteiger partial charge is 0.259 e. The van der Waals surface area contributed by atoms with E-state index in [4.69, 9.17) is 9.26 Å². The minimum Gasteiger partial charge on any atom is -0.377 e. The average Bonchev–Trinajstić information content (AvgIpc) is 3.53. The van der Waals surface area contributed by atoms with Crippen LogP contribution in [0.3, 0.4) is 0 Å². The highest BCUT2D eigenvalue weighted by atomic mass is 16.5. The normalized spacial score (nSPS) is 25.8. The number of nitrogens with one attached hydrogen (secondary N) is 1. The van der Waals surface area contributed by atoms with Crippen LogP contribution in [0.1, 0.15) is 65.2 Å². The quantitative estimate of drug-likeness (QED) is 0.850. The molecule has 1 N–H and O–H groups in total. The summed E-state index contributed by atoms with van der Waals surface area (Å²) < 4.78 is 10.2. The van der Waals surface area contributed by atoms with E-state index in [-0.39, 0.29) is 11.8 Å². The van der Waals surface area contributed by atoms with Crippen LogP contribution in [0.15, 0.2) is 10.8 Å². The molecule has 138 valence electrons. The Morgan fingerprint density at radius 2 is 2.19 bits per heavy atom. The van der Waals surface area contributed by atoms with Gasteiger partial charge in [0, 0.05) is 32.0 Å². The summed E-state index contributed by atoms with van der Waals surface area (Å²) in [5.74, 6) is 3.25. The topological polar surface area (TPSA) is 97.1 Å². The third kappa shape index (κ3) is 2.82. The molecule has 3 heterocycles. The van der Waals surface area contributed by atoms with Gasteiger partial charge in [-0.2, -0.15) is 5.10 Å². The summed E-state index contributed by atoms with van der Waals surface area (Å²) in [6.07, 6.45) is 6.18. The Kier molecular flexibility index (Phi) is 3.81. The van der Waals surface area contributed by atoms with Crippen LogP contribution in [-0.4, -0.2) is 51.3 Å². The molecule has 1 amide bonds. The van der Waals surface area contributed by atoms with Gasteiger partial charge in [0.25, 0.3) is 5.91 Å². The lowest BCUT2D eigenvalue weighted by molar-refractivity contribution is 0.0783. The minimum absolute atomic E-state index is 0.0361. The summed E-state index contributed by atoms with van der Waals surface area (Å²) in [6, 6.07) is 0. The summed E-state index contributed by atoms with van der Waals surface area (Å²) >= 11 is 0. The lowest BCUT2D eigenvalue weighted by Gasteiger charge is -2.15. The number of ether oxygens (including phenoxy) is 1. The molecule has 0 spiro atoms. The molecule has 2 aromatic heterocycles. The van der Waals surface area contributed by atoms with Crippen molar-refractivity contribution in [3.8, 4) is 0 Å². The highest BCUT2D eigenvalue weighted by molar-refractivity contribution is 5.95. The van der Waals surface area contributed by atoms with Crippen molar-refractivity contribution in [2.75, 3.05) is 20.2 Å². The molecule has 1 saturated heterocycles. The van der Waals surface area contributed by atoms with Crippen molar-refractivity contribution in [1.82, 2.24) is 25.2 Å². The number of likely N-dealkylation sites (tertiary alicyclic amines) is 1. The van der Waals surface area contributed by atoms with E-state index in [2.05, 4.69) is 20.3 Å². The Morgan fingerprint density at radius 3 is 2.92 bits per heavy atom. The molecule has 0 unspecified atom stereocenters. The van der Waals surface area contributed by atoms with Crippen LogP contribution >= 0.6 is 0 Å². The van der Waals surface area contributed by atoms with Crippen molar-refractivity contribution in [1.29, 1.82) is 0 Å². The second-order valence-corrected chi connectivity index (χ2v) is 7.78. The van der Waals surface area contributed by atoms with E-state index >= 15 is 0 Å². The van der Waals surface area contributed by atoms with Crippen molar-refractivity contribution in [2.24, 2.45) is 11.8 Å². The number of H-pyrrole nitrogens is 1. The van der Waals surface area contributed by atoms with Gasteiger partial charge >= 0.3 is 0 Å². The van der Waals surface area contributed by atoms with Crippen LogP contribution in [0.25, 0.3) is 0 Å². The summed E-state index contributed by atoms with van der Waals surface area (Å²) in [7, 11) is 1.64. The molecule has 2 saturated carbocycles. The predicted octanol–water partition coefficient (Wildman–Crippen LogP) is 2.08. The zero-order valence-corrected chi connectivity index (χ0v) is 14.9. The Balaban J connectivity index is 1.37. The van der Waals surface area contributed by atoms with Gasteiger partial charge in [0.15, 0.2) is 11.6 Å². The molecule has 0 radical (unpaired) electrons. The van der Waals surface area contributed by atoms with Crippen LogP contribution in [-0.2, 0) is 11.3 Å². The number of amides is 1. The van der Waals surface area contributed by atoms with Gasteiger partial charge in [-0.3, -0.25) is 9.89 Å². The van der Waals surface area contributed by atoms with Crippen LogP contribution < -0.4 is 0 Å². The Hall–Kier alpha value is -2.22. The maximum Gasteiger partial charge on any atom is 0.259 e. The fraction of sp³-hybridized carbons (Fsp3) is 0.667. The molecule has 26 heavy (non-hydrogen) atoms. The van der Waals surface area contributed by atoms with Gasteiger partial charge < -0.3 is 14.2 Å². The molecule has 0 bridgehead atoms. The number of aromatic nitrogens is 4. The fourth-order valence-corrected chi connectivity index (χ4v) is 4.17. The molecule has 3 aliphatic rings. The summed E-state index contributed by atoms with van der Waals surface area (Å²) in [5.41, 5.74) is 1.47. The first-order valence-electron chi connectivity index (χ1n) is 9.38. The van der Waals surface area contributed by atoms with Crippen molar-refractivity contribution in [3.63, 3.8) is 0 Å². The summed E-state index contributed by atoms with van der Waals surface area (Å²) in [6.45, 7) is 1.83. The first kappa shape index (κ1) is 16.0. The first-order chi connectivity index (χ1) is 12.7. The van der Waals surface area contributed by atoms with E-state index in [9.17, 15) is 4.79 Å². The summed E-state index contributed by atoms with van der Waals surface area (Å²) in [5, 5.41) is 11.4. The van der Waals surface area contributed by atoms with E-state index in [1.54, 1.807) is 7.11 Å². The second kappa shape index (κ2) is 6.19. The number of methoxy groups -OCH3 is 1. The SMILES string of the molecule is COCc1nc([C@H]2CN(C(=O)c3conc3C3CC3)C[C@@H]2C2CC2)n[nH]1. The predicted molar refractivity (Wildman–Crippen MR) is 90.4 cm³/mol. The zero-order chi connectivity index (χ0) is 17.7. The van der Waals surface area contributed by atoms with E-state index in [0.29, 0.717) is 36.5 Å². The number of hydrogen-bond donors (Lipinski definition) is 1. The molecule has 0 aromatic carbocycles. The Morgan fingerprint density at radius 1 is 1.35 bits per heavy atom. The molecular formula is C18H23N5O3. The van der Waals surface area contributed by atoms with Gasteiger partial charge in [-0.1, -0.05) is 5.16 Å². The Labute approximate surface area is 151 Å². The second-order valence-electron chi connectivity index (χ2n) is 7.78. The largest absolute Gasteiger partial charge is 0.377 e. The monoisotopic (exact) mass is 357 g/mol. The number of nitrogens with zero attached hydrogens (tertiary/aromatic N) is 4. The number of hydrogen-bond acceptors (Lipinski definition) is 6. The van der Waals surface area contributed by atoms with Crippen molar-refractivity contribution in [3.05, 3.63) is 29.2 Å². The van der Waals surface area contributed by atoms with Crippen LogP contribution in [0, 0.1) is 11.8 Å². The molecular weight excluding hydrogens is 334 g/mol. The molecule has 8 nitrogen and oxygen atoms in total. The lowest BCUT2D eigenvalue weighted by Crippen LogP contribution is -2.29. The minimum atomic E-state index is 0.0361. The van der Waals surface area contributed by atoms with Gasteiger partial charge in [0.2, 0.25) is 0 Å². The lowest BCUT2D eigenvalue weighted by atomic mass is 9.91. The Bertz CT molecular complexity index is 807. The van der Waals surface area contributed by atoms with Gasteiger partial charge in [-0.25, -0.2) is 4.98 Å². The van der Waals surface area contributed by atoms with Crippen molar-refractivity contribution >= 4 is 5.91 Å². The number of aromatic amines is 1. The number of carbonyl (C=O) groups is 1. The first-order valence-corrected chi connectivity index (χ1v) is 9.38. The number of carbonyl (C=O) groups excluding carboxylic acids is 1. The van der Waals surface area contributed by atoms with Gasteiger partial charge in [0.1, 0.15) is 18.4 Å². The van der Waals surface area contributed by atoms with Crippen LogP contribution in [0.5, 0.6) is 0 Å². The van der Waals surface area contributed by atoms with Crippen LogP contribution in [0.2, 0.25) is 0 Å². The van der Waals surface area contributed by atoms with E-state index < -0.39 is 0 Å². The molecule has 8 heteroatoms. The standard InChI is InChI=1S/C18H23N5O3/c1-25-9-15-19-17(21-20-15)13-7-23(6-12(13)10-2-3-10)18(24)14-8-26-22-16(14)11-4-5-11/h8,10-13H,2-7,9H2,1H3,(H,19,20,21)/t12-,13+/m1/s1. The van der Waals surface area contributed by atoms with E-state index in [1.807, 2.05) is 4.90 Å². The average molecular weight is 357 g/mol.